The van der Waals surface area contributed by atoms with Crippen LogP contribution >= 0.6 is 0 Å². The standard InChI is InChI=1S/C17H16N2O/c20-17(11-16-12-18-13-19-16,14-7-3-1-4-8-14)15-9-5-2-6-10-15/h1-10,12-13,20H,11H2,(H,18,19). The Hall–Kier alpha value is -2.39. The third-order valence-electron chi connectivity index (χ3n) is 3.50. The van der Waals surface area contributed by atoms with Crippen molar-refractivity contribution in [2.24, 2.45) is 0 Å². The van der Waals surface area contributed by atoms with E-state index in [1.165, 1.54) is 0 Å². The third kappa shape index (κ3) is 2.36. The Balaban J connectivity index is 2.08. The minimum atomic E-state index is -1.06. The predicted octanol–water partition coefficient (Wildman–Crippen LogP) is 2.89. The van der Waals surface area contributed by atoms with Gasteiger partial charge < -0.3 is 10.1 Å². The molecule has 0 bridgehead atoms. The van der Waals surface area contributed by atoms with Crippen LogP contribution in [0.15, 0.2) is 73.2 Å². The molecule has 0 saturated carbocycles. The maximum absolute atomic E-state index is 11.3. The second-order valence-corrected chi connectivity index (χ2v) is 4.85. The molecule has 3 aromatic rings. The van der Waals surface area contributed by atoms with Crippen molar-refractivity contribution in [3.8, 4) is 0 Å². The molecule has 0 aliphatic carbocycles. The molecule has 0 radical (unpaired) electrons. The average molecular weight is 264 g/mol. The monoisotopic (exact) mass is 264 g/mol. The normalized spacial score (nSPS) is 11.4. The second-order valence-electron chi connectivity index (χ2n) is 4.85. The Morgan fingerprint density at radius 2 is 1.45 bits per heavy atom. The summed E-state index contributed by atoms with van der Waals surface area (Å²) >= 11 is 0. The van der Waals surface area contributed by atoms with E-state index in [2.05, 4.69) is 9.97 Å². The van der Waals surface area contributed by atoms with E-state index in [1.54, 1.807) is 12.5 Å². The number of nitrogens with zero attached hydrogens (tertiary/aromatic N) is 1. The first-order chi connectivity index (χ1) is 9.79. The molecule has 1 aromatic heterocycles. The van der Waals surface area contributed by atoms with Gasteiger partial charge in [0.05, 0.1) is 6.33 Å². The molecular weight excluding hydrogens is 248 g/mol. The smallest absolute Gasteiger partial charge is 0.120 e. The van der Waals surface area contributed by atoms with Gasteiger partial charge in [0.2, 0.25) is 0 Å². The van der Waals surface area contributed by atoms with Gasteiger partial charge in [0.1, 0.15) is 5.60 Å². The number of nitrogens with one attached hydrogen (secondary N) is 1. The van der Waals surface area contributed by atoms with E-state index in [-0.39, 0.29) is 0 Å². The fourth-order valence-electron chi connectivity index (χ4n) is 2.46. The number of aromatic amines is 1. The lowest BCUT2D eigenvalue weighted by molar-refractivity contribution is 0.0802. The van der Waals surface area contributed by atoms with E-state index in [0.29, 0.717) is 6.42 Å². The lowest BCUT2D eigenvalue weighted by Gasteiger charge is -2.29. The van der Waals surface area contributed by atoms with Crippen LogP contribution in [0.3, 0.4) is 0 Å². The summed E-state index contributed by atoms with van der Waals surface area (Å²) in [4.78, 5) is 7.09. The molecule has 2 aromatic carbocycles. The van der Waals surface area contributed by atoms with Gasteiger partial charge in [-0.15, -0.1) is 0 Å². The number of rotatable bonds is 4. The number of benzene rings is 2. The Kier molecular flexibility index (Phi) is 3.35. The molecular formula is C17H16N2O. The van der Waals surface area contributed by atoms with Gasteiger partial charge >= 0.3 is 0 Å². The summed E-state index contributed by atoms with van der Waals surface area (Å²) in [6.45, 7) is 0. The topological polar surface area (TPSA) is 48.9 Å². The van der Waals surface area contributed by atoms with Crippen LogP contribution < -0.4 is 0 Å². The van der Waals surface area contributed by atoms with Crippen molar-refractivity contribution in [3.63, 3.8) is 0 Å². The van der Waals surface area contributed by atoms with E-state index in [1.807, 2.05) is 60.7 Å². The minimum absolute atomic E-state index is 0.459. The summed E-state index contributed by atoms with van der Waals surface area (Å²) < 4.78 is 0. The zero-order valence-corrected chi connectivity index (χ0v) is 11.0. The Bertz CT molecular complexity index is 608. The highest BCUT2D eigenvalue weighted by atomic mass is 16.3. The van der Waals surface area contributed by atoms with Crippen molar-refractivity contribution in [1.82, 2.24) is 9.97 Å². The van der Waals surface area contributed by atoms with Crippen LogP contribution in [0.2, 0.25) is 0 Å². The number of H-pyrrole nitrogens is 1. The number of hydrogen-bond acceptors (Lipinski definition) is 2. The molecule has 0 spiro atoms. The Morgan fingerprint density at radius 3 is 1.90 bits per heavy atom. The van der Waals surface area contributed by atoms with Crippen LogP contribution in [0.5, 0.6) is 0 Å². The third-order valence-corrected chi connectivity index (χ3v) is 3.50. The summed E-state index contributed by atoms with van der Waals surface area (Å²) in [5.74, 6) is 0. The van der Waals surface area contributed by atoms with Gasteiger partial charge in [-0.1, -0.05) is 60.7 Å². The number of imidazole rings is 1. The second kappa shape index (κ2) is 5.31. The van der Waals surface area contributed by atoms with Crippen molar-refractivity contribution >= 4 is 0 Å². The molecule has 0 saturated heterocycles. The zero-order valence-electron chi connectivity index (χ0n) is 11.0. The molecule has 20 heavy (non-hydrogen) atoms. The van der Waals surface area contributed by atoms with Gasteiger partial charge in [-0.25, -0.2) is 4.98 Å². The summed E-state index contributed by atoms with van der Waals surface area (Å²) in [5.41, 5.74) is 1.59. The highest BCUT2D eigenvalue weighted by Gasteiger charge is 2.32. The molecule has 0 atom stereocenters. The van der Waals surface area contributed by atoms with Crippen molar-refractivity contribution < 1.29 is 5.11 Å². The molecule has 100 valence electrons. The number of aromatic nitrogens is 2. The van der Waals surface area contributed by atoms with Gasteiger partial charge in [-0.05, 0) is 11.1 Å². The molecule has 3 rings (SSSR count). The quantitative estimate of drug-likeness (QED) is 0.761. The Labute approximate surface area is 117 Å². The van der Waals surface area contributed by atoms with E-state index in [4.69, 9.17) is 0 Å². The van der Waals surface area contributed by atoms with E-state index in [9.17, 15) is 5.11 Å². The minimum Gasteiger partial charge on any atom is -0.380 e. The van der Waals surface area contributed by atoms with Crippen LogP contribution in [-0.4, -0.2) is 15.1 Å². The van der Waals surface area contributed by atoms with E-state index >= 15 is 0 Å². The van der Waals surface area contributed by atoms with Gasteiger partial charge in [-0.3, -0.25) is 0 Å². The Morgan fingerprint density at radius 1 is 0.900 bits per heavy atom. The molecule has 3 nitrogen and oxygen atoms in total. The van der Waals surface area contributed by atoms with E-state index < -0.39 is 5.60 Å². The van der Waals surface area contributed by atoms with Crippen LogP contribution in [0.4, 0.5) is 0 Å². The van der Waals surface area contributed by atoms with Crippen molar-refractivity contribution in [1.29, 1.82) is 0 Å². The number of aliphatic hydroxyl groups is 1. The first-order valence-electron chi connectivity index (χ1n) is 6.60. The maximum atomic E-state index is 11.3. The average Bonchev–Trinajstić information content (AvgIpc) is 3.02. The molecule has 0 aliphatic rings. The summed E-state index contributed by atoms with van der Waals surface area (Å²) in [7, 11) is 0. The SMILES string of the molecule is OC(Cc1cnc[nH]1)(c1ccccc1)c1ccccc1. The fourth-order valence-corrected chi connectivity index (χ4v) is 2.46. The zero-order chi connectivity index (χ0) is 13.8. The van der Waals surface area contributed by atoms with Gasteiger partial charge in [-0.2, -0.15) is 0 Å². The van der Waals surface area contributed by atoms with Crippen molar-refractivity contribution in [3.05, 3.63) is 90.0 Å². The van der Waals surface area contributed by atoms with Crippen LogP contribution in [0.25, 0.3) is 0 Å². The predicted molar refractivity (Wildman–Crippen MR) is 78.2 cm³/mol. The van der Waals surface area contributed by atoms with Crippen LogP contribution in [0, 0.1) is 0 Å². The molecule has 3 heteroatoms. The highest BCUT2D eigenvalue weighted by Crippen LogP contribution is 2.32. The van der Waals surface area contributed by atoms with Crippen molar-refractivity contribution in [2.45, 2.75) is 12.0 Å². The highest BCUT2D eigenvalue weighted by molar-refractivity contribution is 5.37. The maximum Gasteiger partial charge on any atom is 0.120 e. The largest absolute Gasteiger partial charge is 0.380 e. The lowest BCUT2D eigenvalue weighted by atomic mass is 9.83. The summed E-state index contributed by atoms with van der Waals surface area (Å²) in [6.07, 6.45) is 3.84. The molecule has 2 N–H and O–H groups in total. The van der Waals surface area contributed by atoms with Gasteiger partial charge in [0.15, 0.2) is 0 Å². The molecule has 1 heterocycles. The van der Waals surface area contributed by atoms with Crippen LogP contribution in [0.1, 0.15) is 16.8 Å². The summed E-state index contributed by atoms with van der Waals surface area (Å²) in [5, 5.41) is 11.3. The van der Waals surface area contributed by atoms with Crippen LogP contribution in [-0.2, 0) is 12.0 Å². The summed E-state index contributed by atoms with van der Waals surface area (Å²) in [6, 6.07) is 19.5. The first-order valence-corrected chi connectivity index (χ1v) is 6.60. The van der Waals surface area contributed by atoms with Crippen molar-refractivity contribution in [2.75, 3.05) is 0 Å². The molecule has 0 amide bonds. The molecule has 0 fully saturated rings. The lowest BCUT2D eigenvalue weighted by Crippen LogP contribution is -2.30. The molecule has 0 unspecified atom stereocenters. The van der Waals surface area contributed by atoms with E-state index in [0.717, 1.165) is 16.8 Å². The number of hydrogen-bond donors (Lipinski definition) is 2. The van der Waals surface area contributed by atoms with Gasteiger partial charge in [0.25, 0.3) is 0 Å². The fraction of sp³-hybridized carbons (Fsp3) is 0.118. The van der Waals surface area contributed by atoms with Gasteiger partial charge in [0, 0.05) is 18.3 Å². The molecule has 0 aliphatic heterocycles. The first kappa shape index (κ1) is 12.6.